The first-order chi connectivity index (χ1) is 19.3. The molecule has 0 spiro atoms. The topological polar surface area (TPSA) is 63.6 Å². The highest BCUT2D eigenvalue weighted by Crippen LogP contribution is 2.35. The molecule has 6 heteroatoms. The normalized spacial score (nSPS) is 20.1. The summed E-state index contributed by atoms with van der Waals surface area (Å²) < 4.78 is 26.2. The van der Waals surface area contributed by atoms with Gasteiger partial charge < -0.3 is 19.9 Å². The fourth-order valence-corrected chi connectivity index (χ4v) is 5.42. The number of methoxy groups -OCH3 is 1. The lowest BCUT2D eigenvalue weighted by Gasteiger charge is -2.23. The minimum atomic E-state index is -0.425. The Kier molecular flexibility index (Phi) is 10.5. The molecule has 2 heterocycles. The highest BCUT2D eigenvalue weighted by atomic mass is 19.1. The summed E-state index contributed by atoms with van der Waals surface area (Å²) in [5.74, 6) is 0.311. The van der Waals surface area contributed by atoms with E-state index in [0.29, 0.717) is 31.2 Å². The lowest BCUT2D eigenvalue weighted by molar-refractivity contribution is -0.0176. The van der Waals surface area contributed by atoms with Crippen molar-refractivity contribution >= 4 is 11.8 Å². The maximum Gasteiger partial charge on any atom is 0.149 e. The third kappa shape index (κ3) is 7.17. The summed E-state index contributed by atoms with van der Waals surface area (Å²) in [4.78, 5) is 4.79. The first-order valence-electron chi connectivity index (χ1n) is 14.4. The second kappa shape index (κ2) is 14.0. The highest BCUT2D eigenvalue weighted by Gasteiger charge is 2.37. The Bertz CT molecular complexity index is 1270. The molecule has 1 aromatic heterocycles. The maximum absolute atomic E-state index is 15.1. The number of rotatable bonds is 12. The number of aromatic nitrogens is 1. The quantitative estimate of drug-likeness (QED) is 0.230. The number of halogens is 1. The number of benzene rings is 2. The number of allylic oxidation sites excluding steroid dienone is 1. The Morgan fingerprint density at radius 2 is 1.77 bits per heavy atom. The van der Waals surface area contributed by atoms with E-state index < -0.39 is 6.10 Å². The van der Waals surface area contributed by atoms with E-state index in [2.05, 4.69) is 49.5 Å². The van der Waals surface area contributed by atoms with Crippen molar-refractivity contribution in [2.24, 2.45) is 11.8 Å². The van der Waals surface area contributed by atoms with Crippen molar-refractivity contribution < 1.29 is 19.0 Å². The minimum absolute atomic E-state index is 0.108. The Balaban J connectivity index is 1.51. The van der Waals surface area contributed by atoms with Gasteiger partial charge in [0.1, 0.15) is 11.5 Å². The Morgan fingerprint density at radius 3 is 2.40 bits per heavy atom. The average Bonchev–Trinajstić information content (AvgIpc) is 3.33. The van der Waals surface area contributed by atoms with Crippen LogP contribution in [0.15, 0.2) is 60.2 Å². The first kappa shape index (κ1) is 29.9. The van der Waals surface area contributed by atoms with Gasteiger partial charge in [-0.25, -0.2) is 9.37 Å². The van der Waals surface area contributed by atoms with Gasteiger partial charge in [0.25, 0.3) is 0 Å². The van der Waals surface area contributed by atoms with E-state index in [-0.39, 0.29) is 17.8 Å². The van der Waals surface area contributed by atoms with Gasteiger partial charge in [0.15, 0.2) is 0 Å². The average molecular weight is 547 g/mol. The SMILES string of the molecule is CC/C(=C\c1nc(-c2ccc(-c3ccc(NCCOC)cc3)cc2)c(F)cc1C)CC1CO[C@H](C(O)CC)[C@@H]1C. The molecule has 0 amide bonds. The summed E-state index contributed by atoms with van der Waals surface area (Å²) in [7, 11) is 1.69. The van der Waals surface area contributed by atoms with Crippen LogP contribution in [0.1, 0.15) is 51.3 Å². The molecule has 0 saturated carbocycles. The number of hydrogen-bond acceptors (Lipinski definition) is 5. The van der Waals surface area contributed by atoms with Crippen molar-refractivity contribution in [3.63, 3.8) is 0 Å². The molecule has 2 unspecified atom stereocenters. The molecule has 1 saturated heterocycles. The lowest BCUT2D eigenvalue weighted by Crippen LogP contribution is -2.30. The third-order valence-electron chi connectivity index (χ3n) is 8.10. The Labute approximate surface area is 238 Å². The predicted molar refractivity (Wildman–Crippen MR) is 162 cm³/mol. The van der Waals surface area contributed by atoms with Gasteiger partial charge in [0.2, 0.25) is 0 Å². The van der Waals surface area contributed by atoms with Gasteiger partial charge in [-0.05, 0) is 79.0 Å². The predicted octanol–water partition coefficient (Wildman–Crippen LogP) is 7.53. The second-order valence-corrected chi connectivity index (χ2v) is 10.8. The second-order valence-electron chi connectivity index (χ2n) is 10.8. The van der Waals surface area contributed by atoms with Crippen molar-refractivity contribution in [2.75, 3.05) is 32.2 Å². The van der Waals surface area contributed by atoms with Crippen LogP contribution in [0.5, 0.6) is 0 Å². The van der Waals surface area contributed by atoms with Gasteiger partial charge >= 0.3 is 0 Å². The number of nitrogens with one attached hydrogen (secondary N) is 1. The third-order valence-corrected chi connectivity index (χ3v) is 8.10. The van der Waals surface area contributed by atoms with Crippen molar-refractivity contribution in [2.45, 2.75) is 59.2 Å². The number of hydrogen-bond donors (Lipinski definition) is 2. The Hall–Kier alpha value is -3.06. The zero-order chi connectivity index (χ0) is 28.6. The van der Waals surface area contributed by atoms with Crippen molar-refractivity contribution in [1.82, 2.24) is 4.98 Å². The van der Waals surface area contributed by atoms with Gasteiger partial charge in [0, 0.05) is 24.9 Å². The summed E-state index contributed by atoms with van der Waals surface area (Å²) in [5, 5.41) is 13.6. The molecule has 1 aliphatic rings. The van der Waals surface area contributed by atoms with E-state index in [1.165, 1.54) is 5.57 Å². The lowest BCUT2D eigenvalue weighted by atomic mass is 9.84. The van der Waals surface area contributed by atoms with Crippen molar-refractivity contribution in [3.05, 3.63) is 77.2 Å². The van der Waals surface area contributed by atoms with E-state index in [0.717, 1.165) is 53.0 Å². The number of aryl methyl sites for hydroxylation is 1. The zero-order valence-electron chi connectivity index (χ0n) is 24.4. The van der Waals surface area contributed by atoms with Crippen LogP contribution in [-0.4, -0.2) is 49.2 Å². The molecule has 4 atom stereocenters. The van der Waals surface area contributed by atoms with Crippen molar-refractivity contribution in [1.29, 1.82) is 0 Å². The van der Waals surface area contributed by atoms with E-state index in [1.807, 2.05) is 38.1 Å². The van der Waals surface area contributed by atoms with Gasteiger partial charge in [0.05, 0.1) is 31.1 Å². The molecule has 0 radical (unpaired) electrons. The molecule has 214 valence electrons. The number of pyridine rings is 1. The molecule has 2 aromatic carbocycles. The van der Waals surface area contributed by atoms with Gasteiger partial charge in [-0.1, -0.05) is 62.7 Å². The van der Waals surface area contributed by atoms with Gasteiger partial charge in [-0.2, -0.15) is 0 Å². The Morgan fingerprint density at radius 1 is 1.12 bits per heavy atom. The van der Waals surface area contributed by atoms with Crippen LogP contribution in [0.3, 0.4) is 0 Å². The molecule has 1 aliphatic heterocycles. The highest BCUT2D eigenvalue weighted by molar-refractivity contribution is 5.71. The molecule has 0 aliphatic carbocycles. The summed E-state index contributed by atoms with van der Waals surface area (Å²) in [6.07, 6.45) is 4.04. The number of aliphatic hydroxyl groups excluding tert-OH is 1. The summed E-state index contributed by atoms with van der Waals surface area (Å²) in [6.45, 7) is 10.3. The van der Waals surface area contributed by atoms with Crippen LogP contribution in [0.4, 0.5) is 10.1 Å². The van der Waals surface area contributed by atoms with Crippen LogP contribution in [0.25, 0.3) is 28.5 Å². The summed E-state index contributed by atoms with van der Waals surface area (Å²) in [6, 6.07) is 17.7. The molecule has 4 rings (SSSR count). The summed E-state index contributed by atoms with van der Waals surface area (Å²) in [5.41, 5.74) is 7.19. The number of nitrogens with zero attached hydrogens (tertiary/aromatic N) is 1. The molecule has 0 bridgehead atoms. The van der Waals surface area contributed by atoms with Crippen LogP contribution < -0.4 is 5.32 Å². The van der Waals surface area contributed by atoms with Gasteiger partial charge in [-0.3, -0.25) is 0 Å². The van der Waals surface area contributed by atoms with E-state index in [9.17, 15) is 5.11 Å². The molecule has 3 aromatic rings. The zero-order valence-corrected chi connectivity index (χ0v) is 24.4. The van der Waals surface area contributed by atoms with Gasteiger partial charge in [-0.15, -0.1) is 0 Å². The summed E-state index contributed by atoms with van der Waals surface area (Å²) >= 11 is 0. The number of ether oxygens (including phenoxy) is 2. The molecule has 40 heavy (non-hydrogen) atoms. The molecular weight excluding hydrogens is 503 g/mol. The number of anilines is 1. The first-order valence-corrected chi connectivity index (χ1v) is 14.4. The van der Waals surface area contributed by atoms with E-state index >= 15 is 4.39 Å². The smallest absolute Gasteiger partial charge is 0.149 e. The van der Waals surface area contributed by atoms with Crippen LogP contribution in [0.2, 0.25) is 0 Å². The standard InChI is InChI=1S/C34H43FN2O3/c1-6-24(19-28-21-40-34(23(28)4)32(38)7-2)20-31-22(3)18-30(35)33(37-31)27-10-8-25(9-11-27)26-12-14-29(15-13-26)36-16-17-39-5/h8-15,18,20,23,28,32,34,36,38H,6-7,16-17,19,21H2,1-5H3/b24-20+/t23-,28?,32?,34+/m1/s1. The maximum atomic E-state index is 15.1. The van der Waals surface area contributed by atoms with Crippen LogP contribution in [0, 0.1) is 24.6 Å². The molecular formula is C34H43FN2O3. The van der Waals surface area contributed by atoms with Crippen LogP contribution >= 0.6 is 0 Å². The van der Waals surface area contributed by atoms with E-state index in [4.69, 9.17) is 14.5 Å². The minimum Gasteiger partial charge on any atom is -0.390 e. The molecule has 5 nitrogen and oxygen atoms in total. The van der Waals surface area contributed by atoms with Crippen molar-refractivity contribution in [3.8, 4) is 22.4 Å². The fourth-order valence-electron chi connectivity index (χ4n) is 5.42. The monoisotopic (exact) mass is 546 g/mol. The molecule has 1 fully saturated rings. The largest absolute Gasteiger partial charge is 0.390 e. The fraction of sp³-hybridized carbons (Fsp3) is 0.441. The number of aliphatic hydroxyl groups is 1. The molecule has 2 N–H and O–H groups in total. The van der Waals surface area contributed by atoms with Crippen LogP contribution in [-0.2, 0) is 9.47 Å². The van der Waals surface area contributed by atoms with E-state index in [1.54, 1.807) is 13.2 Å².